The standard InChI is InChI=1S/C17H22Cl2O/c1-3-13(10-12(2)20)17(8-4-5-9-17)14-6-7-15(18)16(19)11-14/h6-7,11,13H,3-5,8-10H2,1-2H3. The molecule has 0 saturated heterocycles. The van der Waals surface area contributed by atoms with Crippen molar-refractivity contribution in [1.29, 1.82) is 0 Å². The second-order valence-corrected chi connectivity index (χ2v) is 6.82. The largest absolute Gasteiger partial charge is 0.300 e. The SMILES string of the molecule is CCC(CC(C)=O)C1(c2ccc(Cl)c(Cl)c2)CCCC1. The van der Waals surface area contributed by atoms with Gasteiger partial charge in [0.25, 0.3) is 0 Å². The molecule has 110 valence electrons. The van der Waals surface area contributed by atoms with E-state index in [1.165, 1.54) is 18.4 Å². The Balaban J connectivity index is 2.42. The van der Waals surface area contributed by atoms with Crippen LogP contribution >= 0.6 is 23.2 Å². The lowest BCUT2D eigenvalue weighted by molar-refractivity contribution is -0.118. The van der Waals surface area contributed by atoms with Gasteiger partial charge in [0.2, 0.25) is 0 Å². The van der Waals surface area contributed by atoms with Crippen LogP contribution in [0.5, 0.6) is 0 Å². The summed E-state index contributed by atoms with van der Waals surface area (Å²) in [6, 6.07) is 6.00. The van der Waals surface area contributed by atoms with E-state index >= 15 is 0 Å². The number of carbonyl (C=O) groups is 1. The van der Waals surface area contributed by atoms with Gasteiger partial charge in [0.05, 0.1) is 10.0 Å². The van der Waals surface area contributed by atoms with Crippen molar-refractivity contribution < 1.29 is 4.79 Å². The molecule has 1 saturated carbocycles. The molecule has 1 aliphatic rings. The molecule has 1 nitrogen and oxygen atoms in total. The maximum Gasteiger partial charge on any atom is 0.130 e. The number of hydrogen-bond donors (Lipinski definition) is 0. The summed E-state index contributed by atoms with van der Waals surface area (Å²) in [6.45, 7) is 3.88. The summed E-state index contributed by atoms with van der Waals surface area (Å²) in [6.07, 6.45) is 6.45. The van der Waals surface area contributed by atoms with Gasteiger partial charge in [-0.25, -0.2) is 0 Å². The van der Waals surface area contributed by atoms with E-state index in [1.807, 2.05) is 12.1 Å². The molecule has 0 amide bonds. The summed E-state index contributed by atoms with van der Waals surface area (Å²) < 4.78 is 0. The van der Waals surface area contributed by atoms with Crippen molar-refractivity contribution in [3.05, 3.63) is 33.8 Å². The normalized spacial score (nSPS) is 19.0. The summed E-state index contributed by atoms with van der Waals surface area (Å²) >= 11 is 12.3. The quantitative estimate of drug-likeness (QED) is 0.670. The first-order chi connectivity index (χ1) is 9.49. The smallest absolute Gasteiger partial charge is 0.130 e. The van der Waals surface area contributed by atoms with Crippen molar-refractivity contribution in [1.82, 2.24) is 0 Å². The van der Waals surface area contributed by atoms with E-state index in [2.05, 4.69) is 13.0 Å². The Labute approximate surface area is 131 Å². The Morgan fingerprint density at radius 2 is 1.90 bits per heavy atom. The third kappa shape index (κ3) is 3.04. The van der Waals surface area contributed by atoms with Crippen LogP contribution < -0.4 is 0 Å². The van der Waals surface area contributed by atoms with Gasteiger partial charge in [-0.15, -0.1) is 0 Å². The Morgan fingerprint density at radius 1 is 1.25 bits per heavy atom. The Hall–Kier alpha value is -0.530. The van der Waals surface area contributed by atoms with Crippen LogP contribution in [0.1, 0.15) is 57.9 Å². The summed E-state index contributed by atoms with van der Waals surface area (Å²) in [5.74, 6) is 0.683. The summed E-state index contributed by atoms with van der Waals surface area (Å²) in [4.78, 5) is 11.6. The second kappa shape index (κ2) is 6.49. The number of Topliss-reactive ketones (excluding diaryl/α,β-unsaturated/α-hetero) is 1. The number of ketones is 1. The minimum atomic E-state index is 0.106. The molecule has 1 atom stereocenters. The fraction of sp³-hybridized carbons (Fsp3) is 0.588. The number of hydrogen-bond acceptors (Lipinski definition) is 1. The van der Waals surface area contributed by atoms with Crippen LogP contribution in [0.4, 0.5) is 0 Å². The van der Waals surface area contributed by atoms with Gasteiger partial charge in [-0.2, -0.15) is 0 Å². The first-order valence-corrected chi connectivity index (χ1v) is 8.20. The van der Waals surface area contributed by atoms with Gasteiger partial charge in [0.15, 0.2) is 0 Å². The number of benzene rings is 1. The van der Waals surface area contributed by atoms with E-state index in [4.69, 9.17) is 23.2 Å². The van der Waals surface area contributed by atoms with Crippen molar-refractivity contribution in [2.45, 2.75) is 57.8 Å². The highest BCUT2D eigenvalue weighted by molar-refractivity contribution is 6.42. The predicted molar refractivity (Wildman–Crippen MR) is 85.7 cm³/mol. The zero-order chi connectivity index (χ0) is 14.8. The van der Waals surface area contributed by atoms with Crippen molar-refractivity contribution in [3.63, 3.8) is 0 Å². The van der Waals surface area contributed by atoms with Crippen LogP contribution in [0.25, 0.3) is 0 Å². The molecule has 1 aliphatic carbocycles. The van der Waals surface area contributed by atoms with E-state index in [1.54, 1.807) is 6.92 Å². The maximum absolute atomic E-state index is 11.6. The number of rotatable bonds is 5. The van der Waals surface area contributed by atoms with E-state index < -0.39 is 0 Å². The van der Waals surface area contributed by atoms with Crippen molar-refractivity contribution in [2.24, 2.45) is 5.92 Å². The molecule has 2 rings (SSSR count). The number of carbonyl (C=O) groups excluding carboxylic acids is 1. The topological polar surface area (TPSA) is 17.1 Å². The van der Waals surface area contributed by atoms with Crippen LogP contribution in [-0.4, -0.2) is 5.78 Å². The van der Waals surface area contributed by atoms with E-state index in [9.17, 15) is 4.79 Å². The van der Waals surface area contributed by atoms with Gasteiger partial charge >= 0.3 is 0 Å². The summed E-state index contributed by atoms with van der Waals surface area (Å²) in [7, 11) is 0. The Kier molecular flexibility index (Phi) is 5.14. The summed E-state index contributed by atoms with van der Waals surface area (Å²) in [5, 5.41) is 1.22. The van der Waals surface area contributed by atoms with Crippen LogP contribution in [0.3, 0.4) is 0 Å². The van der Waals surface area contributed by atoms with Gasteiger partial charge in [-0.1, -0.05) is 55.5 Å². The average Bonchev–Trinajstić information content (AvgIpc) is 2.89. The third-order valence-corrected chi connectivity index (χ3v) is 5.54. The molecule has 0 spiro atoms. The monoisotopic (exact) mass is 312 g/mol. The highest BCUT2D eigenvalue weighted by atomic mass is 35.5. The van der Waals surface area contributed by atoms with Gasteiger partial charge < -0.3 is 4.79 Å². The molecular weight excluding hydrogens is 291 g/mol. The highest BCUT2D eigenvalue weighted by Crippen LogP contribution is 2.50. The zero-order valence-electron chi connectivity index (χ0n) is 12.2. The molecule has 1 fully saturated rings. The zero-order valence-corrected chi connectivity index (χ0v) is 13.7. The van der Waals surface area contributed by atoms with Crippen LogP contribution in [0, 0.1) is 5.92 Å². The van der Waals surface area contributed by atoms with E-state index in [-0.39, 0.29) is 11.2 Å². The van der Waals surface area contributed by atoms with Crippen LogP contribution in [0.15, 0.2) is 18.2 Å². The lowest BCUT2D eigenvalue weighted by Crippen LogP contribution is -2.33. The fourth-order valence-corrected chi connectivity index (χ4v) is 4.12. The second-order valence-electron chi connectivity index (χ2n) is 6.00. The molecule has 0 radical (unpaired) electrons. The molecule has 0 aliphatic heterocycles. The van der Waals surface area contributed by atoms with Gasteiger partial charge in [0.1, 0.15) is 5.78 Å². The minimum Gasteiger partial charge on any atom is -0.300 e. The lowest BCUT2D eigenvalue weighted by atomic mass is 9.66. The van der Waals surface area contributed by atoms with Gasteiger partial charge in [0, 0.05) is 6.42 Å². The fourth-order valence-electron chi connectivity index (χ4n) is 3.82. The number of halogens is 2. The minimum absolute atomic E-state index is 0.106. The van der Waals surface area contributed by atoms with Crippen LogP contribution in [-0.2, 0) is 10.2 Å². The molecular formula is C17H22Cl2O. The van der Waals surface area contributed by atoms with Crippen molar-refractivity contribution >= 4 is 29.0 Å². The predicted octanol–water partition coefficient (Wildman–Crippen LogP) is 5.81. The third-order valence-electron chi connectivity index (χ3n) is 4.80. The van der Waals surface area contributed by atoms with Gasteiger partial charge in [-0.05, 0) is 48.8 Å². The van der Waals surface area contributed by atoms with E-state index in [0.29, 0.717) is 22.4 Å². The molecule has 0 N–H and O–H groups in total. The lowest BCUT2D eigenvalue weighted by Gasteiger charge is -2.38. The van der Waals surface area contributed by atoms with Crippen molar-refractivity contribution in [2.75, 3.05) is 0 Å². The average molecular weight is 313 g/mol. The Morgan fingerprint density at radius 3 is 2.40 bits per heavy atom. The Bertz CT molecular complexity index is 490. The first-order valence-electron chi connectivity index (χ1n) is 7.44. The molecule has 0 bridgehead atoms. The van der Waals surface area contributed by atoms with Crippen molar-refractivity contribution in [3.8, 4) is 0 Å². The molecule has 3 heteroatoms. The van der Waals surface area contributed by atoms with Crippen LogP contribution in [0.2, 0.25) is 10.0 Å². The first kappa shape index (κ1) is 15.9. The summed E-state index contributed by atoms with van der Waals surface area (Å²) in [5.41, 5.74) is 1.37. The molecule has 20 heavy (non-hydrogen) atoms. The molecule has 0 heterocycles. The molecule has 1 aromatic carbocycles. The highest BCUT2D eigenvalue weighted by Gasteiger charge is 2.42. The van der Waals surface area contributed by atoms with E-state index in [0.717, 1.165) is 19.3 Å². The maximum atomic E-state index is 11.6. The molecule has 0 aromatic heterocycles. The van der Waals surface area contributed by atoms with Gasteiger partial charge in [-0.3, -0.25) is 0 Å². The molecule has 1 aromatic rings. The molecule has 1 unspecified atom stereocenters.